The van der Waals surface area contributed by atoms with Crippen LogP contribution in [-0.2, 0) is 21.2 Å². The van der Waals surface area contributed by atoms with Gasteiger partial charge in [0.25, 0.3) is 0 Å². The highest BCUT2D eigenvalue weighted by Gasteiger charge is 2.13. The Balaban J connectivity index is 1.80. The number of sulfonamides is 1. The normalized spacial score (nSPS) is 11.2. The highest BCUT2D eigenvalue weighted by molar-refractivity contribution is 7.92. The van der Waals surface area contributed by atoms with Crippen LogP contribution in [0.2, 0.25) is 0 Å². The van der Waals surface area contributed by atoms with Crippen LogP contribution in [0, 0.1) is 6.92 Å². The number of aromatic nitrogens is 1. The molecule has 1 amide bonds. The predicted octanol–water partition coefficient (Wildman–Crippen LogP) is 1.90. The van der Waals surface area contributed by atoms with E-state index in [1.807, 2.05) is 31.2 Å². The molecule has 7 nitrogen and oxygen atoms in total. The fraction of sp³-hybridized carbons (Fsp3) is 0.375. The van der Waals surface area contributed by atoms with E-state index in [-0.39, 0.29) is 17.5 Å². The molecule has 2 aromatic rings. The van der Waals surface area contributed by atoms with Gasteiger partial charge in [-0.3, -0.25) is 9.52 Å². The molecular weight excluding hydrogens is 362 g/mol. The summed E-state index contributed by atoms with van der Waals surface area (Å²) >= 11 is 1.15. The Labute approximate surface area is 151 Å². The number of thiazole rings is 1. The summed E-state index contributed by atoms with van der Waals surface area (Å²) in [7, 11) is -1.67. The van der Waals surface area contributed by atoms with E-state index in [1.165, 1.54) is 0 Å². The molecule has 0 saturated heterocycles. The summed E-state index contributed by atoms with van der Waals surface area (Å²) < 4.78 is 30.3. The third kappa shape index (κ3) is 6.71. The van der Waals surface area contributed by atoms with Gasteiger partial charge in [-0.05, 0) is 24.6 Å². The van der Waals surface area contributed by atoms with Crippen LogP contribution in [0.3, 0.4) is 0 Å². The Hall–Kier alpha value is -2.13. The highest BCUT2D eigenvalue weighted by atomic mass is 32.2. The first-order valence-corrected chi connectivity index (χ1v) is 10.4. The van der Waals surface area contributed by atoms with Crippen molar-refractivity contribution in [3.05, 3.63) is 40.9 Å². The minimum atomic E-state index is -3.36. The van der Waals surface area contributed by atoms with Crippen LogP contribution >= 0.6 is 11.3 Å². The number of hydrogen-bond donors (Lipinski definition) is 1. The first-order chi connectivity index (χ1) is 11.7. The number of likely N-dealkylation sites (N-methyl/N-ethyl adjacent to an activating group) is 1. The first kappa shape index (κ1) is 19.2. The Bertz CT molecular complexity index is 833. The van der Waals surface area contributed by atoms with Crippen molar-refractivity contribution < 1.29 is 17.9 Å². The number of aryl methyl sites for hydroxylation is 1. The molecule has 0 atom stereocenters. The van der Waals surface area contributed by atoms with Crippen molar-refractivity contribution in [3.63, 3.8) is 0 Å². The van der Waals surface area contributed by atoms with Gasteiger partial charge in [-0.15, -0.1) is 11.3 Å². The Morgan fingerprint density at radius 2 is 2.16 bits per heavy atom. The topological polar surface area (TPSA) is 88.6 Å². The van der Waals surface area contributed by atoms with Gasteiger partial charge < -0.3 is 9.64 Å². The third-order valence-corrected chi connectivity index (χ3v) is 4.77. The third-order valence-electron chi connectivity index (χ3n) is 3.27. The summed E-state index contributed by atoms with van der Waals surface area (Å²) in [5.74, 6) is 0.667. The molecule has 0 bridgehead atoms. The van der Waals surface area contributed by atoms with E-state index in [0.717, 1.165) is 28.9 Å². The number of ether oxygens (including phenoxy) is 1. The molecule has 25 heavy (non-hydrogen) atoms. The SMILES string of the molecule is Cc1cccc(OCCN(C)C(=O)Cc2csc(NS(C)(=O)=O)n2)c1. The summed E-state index contributed by atoms with van der Waals surface area (Å²) in [6, 6.07) is 7.72. The molecule has 1 aromatic heterocycles. The minimum Gasteiger partial charge on any atom is -0.492 e. The molecule has 0 fully saturated rings. The maximum Gasteiger partial charge on any atom is 0.231 e. The zero-order valence-corrected chi connectivity index (χ0v) is 16.0. The average Bonchev–Trinajstić information content (AvgIpc) is 2.92. The lowest BCUT2D eigenvalue weighted by Gasteiger charge is -2.17. The van der Waals surface area contributed by atoms with Crippen LogP contribution < -0.4 is 9.46 Å². The summed E-state index contributed by atoms with van der Waals surface area (Å²) in [5.41, 5.74) is 1.65. The summed E-state index contributed by atoms with van der Waals surface area (Å²) in [4.78, 5) is 17.9. The van der Waals surface area contributed by atoms with Gasteiger partial charge in [0.2, 0.25) is 15.9 Å². The number of benzene rings is 1. The first-order valence-electron chi connectivity index (χ1n) is 7.58. The molecule has 2 rings (SSSR count). The maximum absolute atomic E-state index is 12.2. The van der Waals surface area contributed by atoms with Crippen molar-refractivity contribution in [2.75, 3.05) is 31.2 Å². The second kappa shape index (κ2) is 8.30. The Morgan fingerprint density at radius 3 is 2.84 bits per heavy atom. The monoisotopic (exact) mass is 383 g/mol. The van der Waals surface area contributed by atoms with E-state index < -0.39 is 10.0 Å². The van der Waals surface area contributed by atoms with Crippen LogP contribution in [0.5, 0.6) is 5.75 Å². The number of rotatable bonds is 8. The van der Waals surface area contributed by atoms with Crippen molar-refractivity contribution in [2.45, 2.75) is 13.3 Å². The number of anilines is 1. The maximum atomic E-state index is 12.2. The number of carbonyl (C=O) groups excluding carboxylic acids is 1. The van der Waals surface area contributed by atoms with Crippen molar-refractivity contribution in [3.8, 4) is 5.75 Å². The fourth-order valence-corrected chi connectivity index (χ4v) is 3.58. The molecular formula is C16H21N3O4S2. The van der Waals surface area contributed by atoms with Gasteiger partial charge in [-0.25, -0.2) is 13.4 Å². The lowest BCUT2D eigenvalue weighted by molar-refractivity contribution is -0.129. The van der Waals surface area contributed by atoms with E-state index in [2.05, 4.69) is 9.71 Å². The van der Waals surface area contributed by atoms with Gasteiger partial charge in [-0.1, -0.05) is 12.1 Å². The highest BCUT2D eigenvalue weighted by Crippen LogP contribution is 2.17. The van der Waals surface area contributed by atoms with Crippen LogP contribution in [0.25, 0.3) is 0 Å². The summed E-state index contributed by atoms with van der Waals surface area (Å²) in [5, 5.41) is 1.93. The molecule has 0 spiro atoms. The van der Waals surface area contributed by atoms with Crippen LogP contribution in [0.15, 0.2) is 29.6 Å². The quantitative estimate of drug-likeness (QED) is 0.752. The van der Waals surface area contributed by atoms with Gasteiger partial charge in [0.05, 0.1) is 24.9 Å². The van der Waals surface area contributed by atoms with E-state index in [9.17, 15) is 13.2 Å². The van der Waals surface area contributed by atoms with Crippen molar-refractivity contribution in [1.82, 2.24) is 9.88 Å². The largest absolute Gasteiger partial charge is 0.492 e. The van der Waals surface area contributed by atoms with Crippen molar-refractivity contribution in [1.29, 1.82) is 0 Å². The number of nitrogens with zero attached hydrogens (tertiary/aromatic N) is 2. The van der Waals surface area contributed by atoms with Crippen LogP contribution in [0.1, 0.15) is 11.3 Å². The second-order valence-corrected chi connectivity index (χ2v) is 8.28. The van der Waals surface area contributed by atoms with Gasteiger partial charge in [0.1, 0.15) is 12.4 Å². The molecule has 0 saturated carbocycles. The molecule has 136 valence electrons. The van der Waals surface area contributed by atoms with Crippen molar-refractivity contribution >= 4 is 32.4 Å². The second-order valence-electron chi connectivity index (χ2n) is 5.68. The number of carbonyl (C=O) groups is 1. The molecule has 1 aromatic carbocycles. The van der Waals surface area contributed by atoms with E-state index in [1.54, 1.807) is 17.3 Å². The Kier molecular flexibility index (Phi) is 6.38. The van der Waals surface area contributed by atoms with Crippen LogP contribution in [-0.4, -0.2) is 50.7 Å². The summed E-state index contributed by atoms with van der Waals surface area (Å²) in [6.07, 6.45) is 1.17. The minimum absolute atomic E-state index is 0.107. The van der Waals surface area contributed by atoms with Gasteiger partial charge in [0.15, 0.2) is 5.13 Å². The van der Waals surface area contributed by atoms with Crippen molar-refractivity contribution in [2.24, 2.45) is 0 Å². The zero-order chi connectivity index (χ0) is 18.4. The van der Waals surface area contributed by atoms with E-state index in [0.29, 0.717) is 18.8 Å². The fourth-order valence-electron chi connectivity index (χ4n) is 2.01. The summed E-state index contributed by atoms with van der Waals surface area (Å²) in [6.45, 7) is 2.83. The molecule has 0 radical (unpaired) electrons. The average molecular weight is 383 g/mol. The van der Waals surface area contributed by atoms with E-state index in [4.69, 9.17) is 4.74 Å². The molecule has 0 aliphatic rings. The zero-order valence-electron chi connectivity index (χ0n) is 14.4. The molecule has 0 aliphatic heterocycles. The Morgan fingerprint density at radius 1 is 1.40 bits per heavy atom. The molecule has 1 N–H and O–H groups in total. The number of nitrogens with one attached hydrogen (secondary N) is 1. The molecule has 9 heteroatoms. The lowest BCUT2D eigenvalue weighted by atomic mass is 10.2. The number of amides is 1. The smallest absolute Gasteiger partial charge is 0.231 e. The molecule has 0 unspecified atom stereocenters. The van der Waals surface area contributed by atoms with Gasteiger partial charge in [-0.2, -0.15) is 0 Å². The standard InChI is InChI=1S/C16H21N3O4S2/c1-12-5-4-6-14(9-12)23-8-7-19(2)15(20)10-13-11-24-16(17-13)18-25(3,21)22/h4-6,9,11H,7-8,10H2,1-3H3,(H,17,18). The number of hydrogen-bond acceptors (Lipinski definition) is 6. The van der Waals surface area contributed by atoms with Gasteiger partial charge in [0, 0.05) is 12.4 Å². The molecule has 1 heterocycles. The molecule has 0 aliphatic carbocycles. The van der Waals surface area contributed by atoms with Crippen LogP contribution in [0.4, 0.5) is 5.13 Å². The lowest BCUT2D eigenvalue weighted by Crippen LogP contribution is -2.32. The predicted molar refractivity (Wildman–Crippen MR) is 98.6 cm³/mol. The van der Waals surface area contributed by atoms with E-state index >= 15 is 0 Å². The van der Waals surface area contributed by atoms with Gasteiger partial charge >= 0.3 is 0 Å².